The van der Waals surface area contributed by atoms with Crippen molar-refractivity contribution in [3.05, 3.63) is 35.4 Å². The molecule has 1 aliphatic rings. The molecule has 2 unspecified atom stereocenters. The van der Waals surface area contributed by atoms with E-state index in [0.29, 0.717) is 5.92 Å². The van der Waals surface area contributed by atoms with E-state index < -0.39 is 0 Å². The summed E-state index contributed by atoms with van der Waals surface area (Å²) in [4.78, 5) is 12.4. The first kappa shape index (κ1) is 12.3. The minimum absolute atomic E-state index is 0.153. The summed E-state index contributed by atoms with van der Waals surface area (Å²) in [5, 5.41) is 0. The summed E-state index contributed by atoms with van der Waals surface area (Å²) in [6.07, 6.45) is 2.98. The molecule has 2 atom stereocenters. The predicted octanol–water partition coefficient (Wildman–Crippen LogP) is 3.38. The third-order valence-electron chi connectivity index (χ3n) is 3.53. The molecule has 2 nitrogen and oxygen atoms in total. The SMILES string of the molecule is CCC1CCCOC1C(=O)c1cccc(C)c1. The van der Waals surface area contributed by atoms with E-state index in [1.165, 1.54) is 0 Å². The van der Waals surface area contributed by atoms with E-state index in [1.807, 2.05) is 31.2 Å². The van der Waals surface area contributed by atoms with Gasteiger partial charge >= 0.3 is 0 Å². The lowest BCUT2D eigenvalue weighted by atomic mass is 9.87. The van der Waals surface area contributed by atoms with Gasteiger partial charge in [-0.25, -0.2) is 0 Å². The molecule has 2 rings (SSSR count). The van der Waals surface area contributed by atoms with Gasteiger partial charge in [0, 0.05) is 12.2 Å². The van der Waals surface area contributed by atoms with Gasteiger partial charge in [-0.3, -0.25) is 4.79 Å². The minimum Gasteiger partial charge on any atom is -0.370 e. The number of benzene rings is 1. The van der Waals surface area contributed by atoms with Crippen LogP contribution < -0.4 is 0 Å². The van der Waals surface area contributed by atoms with Crippen molar-refractivity contribution in [3.8, 4) is 0 Å². The molecule has 92 valence electrons. The molecule has 17 heavy (non-hydrogen) atoms. The topological polar surface area (TPSA) is 26.3 Å². The number of carbonyl (C=O) groups excluding carboxylic acids is 1. The second kappa shape index (κ2) is 5.46. The first-order valence-corrected chi connectivity index (χ1v) is 6.45. The van der Waals surface area contributed by atoms with Crippen molar-refractivity contribution in [2.75, 3.05) is 6.61 Å². The molecule has 0 amide bonds. The molecule has 0 spiro atoms. The van der Waals surface area contributed by atoms with Crippen molar-refractivity contribution in [2.45, 2.75) is 39.2 Å². The molecule has 0 radical (unpaired) electrons. The number of aryl methyl sites for hydroxylation is 1. The fourth-order valence-corrected chi connectivity index (χ4v) is 2.51. The highest BCUT2D eigenvalue weighted by atomic mass is 16.5. The zero-order valence-corrected chi connectivity index (χ0v) is 10.6. The molecule has 0 N–H and O–H groups in total. The fraction of sp³-hybridized carbons (Fsp3) is 0.533. The molecule has 0 aliphatic carbocycles. The highest BCUT2D eigenvalue weighted by molar-refractivity contribution is 5.99. The summed E-state index contributed by atoms with van der Waals surface area (Å²) < 4.78 is 5.69. The molecule has 0 bridgehead atoms. The summed E-state index contributed by atoms with van der Waals surface area (Å²) in [5.74, 6) is 0.539. The number of ketones is 1. The van der Waals surface area contributed by atoms with E-state index in [4.69, 9.17) is 4.74 Å². The van der Waals surface area contributed by atoms with Gasteiger partial charge in [0.05, 0.1) is 0 Å². The van der Waals surface area contributed by atoms with Crippen LogP contribution in [0, 0.1) is 12.8 Å². The van der Waals surface area contributed by atoms with Gasteiger partial charge in [0.1, 0.15) is 6.10 Å². The fourth-order valence-electron chi connectivity index (χ4n) is 2.51. The maximum absolute atomic E-state index is 12.4. The predicted molar refractivity (Wildman–Crippen MR) is 68.3 cm³/mol. The molecule has 1 aromatic carbocycles. The Balaban J connectivity index is 2.18. The van der Waals surface area contributed by atoms with Crippen LogP contribution in [0.25, 0.3) is 0 Å². The average Bonchev–Trinajstić information content (AvgIpc) is 2.38. The van der Waals surface area contributed by atoms with Crippen LogP contribution in [0.3, 0.4) is 0 Å². The van der Waals surface area contributed by atoms with E-state index in [-0.39, 0.29) is 11.9 Å². The van der Waals surface area contributed by atoms with Gasteiger partial charge in [-0.05, 0) is 31.7 Å². The van der Waals surface area contributed by atoms with Crippen LogP contribution in [-0.4, -0.2) is 18.5 Å². The molecule has 1 heterocycles. The zero-order chi connectivity index (χ0) is 12.3. The zero-order valence-electron chi connectivity index (χ0n) is 10.6. The van der Waals surface area contributed by atoms with E-state index in [2.05, 4.69) is 6.92 Å². The van der Waals surface area contributed by atoms with Crippen LogP contribution >= 0.6 is 0 Å². The van der Waals surface area contributed by atoms with Crippen LogP contribution in [0.1, 0.15) is 42.1 Å². The lowest BCUT2D eigenvalue weighted by Gasteiger charge is -2.30. The summed E-state index contributed by atoms with van der Waals surface area (Å²) in [6, 6.07) is 7.79. The second-order valence-corrected chi connectivity index (χ2v) is 4.84. The molecule has 1 fully saturated rings. The van der Waals surface area contributed by atoms with Crippen molar-refractivity contribution in [1.82, 2.24) is 0 Å². The smallest absolute Gasteiger partial charge is 0.191 e. The number of hydrogen-bond acceptors (Lipinski definition) is 2. The summed E-state index contributed by atoms with van der Waals surface area (Å²) in [6.45, 7) is 4.87. The number of hydrogen-bond donors (Lipinski definition) is 0. The van der Waals surface area contributed by atoms with Crippen LogP contribution in [0.5, 0.6) is 0 Å². The van der Waals surface area contributed by atoms with Crippen molar-refractivity contribution in [3.63, 3.8) is 0 Å². The number of rotatable bonds is 3. The summed E-state index contributed by atoms with van der Waals surface area (Å²) in [5.41, 5.74) is 1.91. The highest BCUT2D eigenvalue weighted by Gasteiger charge is 2.31. The van der Waals surface area contributed by atoms with Gasteiger partial charge in [-0.2, -0.15) is 0 Å². The Morgan fingerprint density at radius 1 is 1.47 bits per heavy atom. The van der Waals surface area contributed by atoms with Crippen LogP contribution in [0.2, 0.25) is 0 Å². The van der Waals surface area contributed by atoms with E-state index in [0.717, 1.165) is 37.0 Å². The standard InChI is InChI=1S/C15H20O2/c1-3-12-8-5-9-17-15(12)14(16)13-7-4-6-11(2)10-13/h4,6-7,10,12,15H,3,5,8-9H2,1-2H3. The molecule has 0 saturated carbocycles. The average molecular weight is 232 g/mol. The maximum atomic E-state index is 12.4. The van der Waals surface area contributed by atoms with Gasteiger partial charge in [0.25, 0.3) is 0 Å². The molecule has 0 aromatic heterocycles. The number of ether oxygens (including phenoxy) is 1. The van der Waals surface area contributed by atoms with Crippen LogP contribution in [0.4, 0.5) is 0 Å². The third-order valence-corrected chi connectivity index (χ3v) is 3.53. The monoisotopic (exact) mass is 232 g/mol. The Kier molecular flexibility index (Phi) is 3.95. The second-order valence-electron chi connectivity index (χ2n) is 4.84. The van der Waals surface area contributed by atoms with E-state index >= 15 is 0 Å². The third kappa shape index (κ3) is 2.75. The largest absolute Gasteiger partial charge is 0.370 e. The number of carbonyl (C=O) groups is 1. The van der Waals surface area contributed by atoms with E-state index in [9.17, 15) is 4.79 Å². The summed E-state index contributed by atoms with van der Waals surface area (Å²) >= 11 is 0. The quantitative estimate of drug-likeness (QED) is 0.747. The van der Waals surface area contributed by atoms with Gasteiger partial charge < -0.3 is 4.74 Å². The normalized spacial score (nSPS) is 24.6. The molecular weight excluding hydrogens is 212 g/mol. The molecule has 1 saturated heterocycles. The Bertz CT molecular complexity index is 398. The van der Waals surface area contributed by atoms with Crippen molar-refractivity contribution >= 4 is 5.78 Å². The highest BCUT2D eigenvalue weighted by Crippen LogP contribution is 2.26. The minimum atomic E-state index is -0.226. The van der Waals surface area contributed by atoms with Crippen LogP contribution in [-0.2, 0) is 4.74 Å². The maximum Gasteiger partial charge on any atom is 0.191 e. The van der Waals surface area contributed by atoms with E-state index in [1.54, 1.807) is 0 Å². The molecule has 2 heteroatoms. The Morgan fingerprint density at radius 3 is 3.00 bits per heavy atom. The Hall–Kier alpha value is -1.15. The lowest BCUT2D eigenvalue weighted by molar-refractivity contribution is -0.0139. The molecular formula is C15H20O2. The Labute approximate surface area is 103 Å². The van der Waals surface area contributed by atoms with Gasteiger partial charge in [0.2, 0.25) is 0 Å². The summed E-state index contributed by atoms with van der Waals surface area (Å²) in [7, 11) is 0. The molecule has 1 aliphatic heterocycles. The first-order valence-electron chi connectivity index (χ1n) is 6.45. The van der Waals surface area contributed by atoms with Crippen molar-refractivity contribution in [2.24, 2.45) is 5.92 Å². The van der Waals surface area contributed by atoms with Crippen LogP contribution in [0.15, 0.2) is 24.3 Å². The lowest BCUT2D eigenvalue weighted by Crippen LogP contribution is -2.36. The Morgan fingerprint density at radius 2 is 2.29 bits per heavy atom. The first-order chi connectivity index (χ1) is 8.22. The van der Waals surface area contributed by atoms with Gasteiger partial charge in [0.15, 0.2) is 5.78 Å². The van der Waals surface area contributed by atoms with Crippen molar-refractivity contribution in [1.29, 1.82) is 0 Å². The van der Waals surface area contributed by atoms with Gasteiger partial charge in [-0.15, -0.1) is 0 Å². The number of Topliss-reactive ketones (excluding diaryl/α,β-unsaturated/α-hetero) is 1. The van der Waals surface area contributed by atoms with Gasteiger partial charge in [-0.1, -0.05) is 37.1 Å². The van der Waals surface area contributed by atoms with Crippen molar-refractivity contribution < 1.29 is 9.53 Å². The molecule has 1 aromatic rings.